The van der Waals surface area contributed by atoms with Crippen LogP contribution in [-0.4, -0.2) is 29.6 Å². The van der Waals surface area contributed by atoms with Crippen LogP contribution in [0.5, 0.6) is 5.75 Å². The van der Waals surface area contributed by atoms with Crippen LogP contribution < -0.4 is 10.5 Å². The second-order valence-electron chi connectivity index (χ2n) is 4.65. The van der Waals surface area contributed by atoms with Crippen LogP contribution >= 0.6 is 11.8 Å². The zero-order valence-corrected chi connectivity index (χ0v) is 10.9. The summed E-state index contributed by atoms with van der Waals surface area (Å²) in [5, 5.41) is 9.73. The van der Waals surface area contributed by atoms with E-state index >= 15 is 0 Å². The highest BCUT2D eigenvalue weighted by atomic mass is 32.2. The van der Waals surface area contributed by atoms with Crippen molar-refractivity contribution in [2.75, 3.05) is 13.7 Å². The molecule has 1 saturated carbocycles. The molecular formula is C13H19NO2S. The smallest absolute Gasteiger partial charge is 0.132 e. The fourth-order valence-corrected chi connectivity index (χ4v) is 3.68. The van der Waals surface area contributed by atoms with Gasteiger partial charge in [0.15, 0.2) is 0 Å². The van der Waals surface area contributed by atoms with E-state index in [1.165, 1.54) is 0 Å². The number of methoxy groups -OCH3 is 1. The van der Waals surface area contributed by atoms with E-state index in [2.05, 4.69) is 6.07 Å². The average Bonchev–Trinajstić information content (AvgIpc) is 2.73. The standard InChI is InChI=1S/C13H19NO2S/c1-16-11-4-2-3-5-12(11)17-10-6-7-13(14,8-10)9-15/h2-5,10,15H,6-9,14H2,1H3. The van der Waals surface area contributed by atoms with Gasteiger partial charge < -0.3 is 15.6 Å². The second-order valence-corrected chi connectivity index (χ2v) is 6.00. The summed E-state index contributed by atoms with van der Waals surface area (Å²) in [4.78, 5) is 1.15. The Morgan fingerprint density at radius 3 is 2.94 bits per heavy atom. The van der Waals surface area contributed by atoms with Gasteiger partial charge in [-0.05, 0) is 31.4 Å². The highest BCUT2D eigenvalue weighted by Crippen LogP contribution is 2.41. The molecule has 0 bridgehead atoms. The van der Waals surface area contributed by atoms with E-state index in [9.17, 15) is 5.11 Å². The maximum atomic E-state index is 9.25. The summed E-state index contributed by atoms with van der Waals surface area (Å²) in [6.07, 6.45) is 2.82. The van der Waals surface area contributed by atoms with E-state index in [4.69, 9.17) is 10.5 Å². The molecule has 0 amide bonds. The van der Waals surface area contributed by atoms with E-state index in [1.807, 2.05) is 18.2 Å². The number of rotatable bonds is 4. The van der Waals surface area contributed by atoms with Gasteiger partial charge in [0.1, 0.15) is 5.75 Å². The molecule has 1 aromatic carbocycles. The number of ether oxygens (including phenoxy) is 1. The summed E-state index contributed by atoms with van der Waals surface area (Å²) in [6, 6.07) is 8.03. The van der Waals surface area contributed by atoms with Gasteiger partial charge in [-0.3, -0.25) is 0 Å². The van der Waals surface area contributed by atoms with Crippen molar-refractivity contribution in [2.24, 2.45) is 5.73 Å². The summed E-state index contributed by atoms with van der Waals surface area (Å²) in [6.45, 7) is 0.0793. The molecule has 1 aliphatic rings. The molecule has 0 heterocycles. The lowest BCUT2D eigenvalue weighted by Gasteiger charge is -2.20. The first kappa shape index (κ1) is 12.7. The second kappa shape index (κ2) is 5.29. The minimum atomic E-state index is -0.375. The third-order valence-corrected chi connectivity index (χ3v) is 4.60. The van der Waals surface area contributed by atoms with E-state index in [0.717, 1.165) is 29.9 Å². The SMILES string of the molecule is COc1ccccc1SC1CCC(N)(CO)C1. The third-order valence-electron chi connectivity index (χ3n) is 3.28. The lowest BCUT2D eigenvalue weighted by Crippen LogP contribution is -2.40. The Balaban J connectivity index is 2.03. The van der Waals surface area contributed by atoms with Crippen molar-refractivity contribution in [3.63, 3.8) is 0 Å². The summed E-state index contributed by atoms with van der Waals surface area (Å²) >= 11 is 1.80. The number of hydrogen-bond donors (Lipinski definition) is 2. The van der Waals surface area contributed by atoms with Gasteiger partial charge in [-0.25, -0.2) is 0 Å². The first-order chi connectivity index (χ1) is 8.17. The number of nitrogens with two attached hydrogens (primary N) is 1. The van der Waals surface area contributed by atoms with Crippen molar-refractivity contribution in [3.05, 3.63) is 24.3 Å². The quantitative estimate of drug-likeness (QED) is 0.862. The van der Waals surface area contributed by atoms with Gasteiger partial charge in [0.25, 0.3) is 0 Å². The maximum Gasteiger partial charge on any atom is 0.132 e. The highest BCUT2D eigenvalue weighted by Gasteiger charge is 2.35. The Morgan fingerprint density at radius 1 is 1.53 bits per heavy atom. The van der Waals surface area contributed by atoms with Gasteiger partial charge in [-0.15, -0.1) is 11.8 Å². The zero-order chi connectivity index (χ0) is 12.3. The minimum Gasteiger partial charge on any atom is -0.496 e. The lowest BCUT2D eigenvalue weighted by molar-refractivity contribution is 0.200. The molecule has 1 aromatic rings. The van der Waals surface area contributed by atoms with Crippen LogP contribution in [0.1, 0.15) is 19.3 Å². The number of para-hydroxylation sites is 1. The van der Waals surface area contributed by atoms with Crippen molar-refractivity contribution in [1.82, 2.24) is 0 Å². The first-order valence-corrected chi connectivity index (χ1v) is 6.74. The molecule has 2 atom stereocenters. The van der Waals surface area contributed by atoms with Crippen LogP contribution in [0.2, 0.25) is 0 Å². The van der Waals surface area contributed by atoms with Crippen LogP contribution in [0.4, 0.5) is 0 Å². The van der Waals surface area contributed by atoms with Crippen molar-refractivity contribution in [2.45, 2.75) is 34.9 Å². The molecule has 2 unspecified atom stereocenters. The van der Waals surface area contributed by atoms with Gasteiger partial charge in [0, 0.05) is 15.7 Å². The largest absolute Gasteiger partial charge is 0.496 e. The molecule has 4 heteroatoms. The van der Waals surface area contributed by atoms with Gasteiger partial charge in [0.05, 0.1) is 13.7 Å². The molecule has 0 radical (unpaired) electrons. The van der Waals surface area contributed by atoms with E-state index in [0.29, 0.717) is 5.25 Å². The number of thioether (sulfide) groups is 1. The van der Waals surface area contributed by atoms with Crippen LogP contribution in [0.25, 0.3) is 0 Å². The zero-order valence-electron chi connectivity index (χ0n) is 10.1. The predicted molar refractivity (Wildman–Crippen MR) is 70.5 cm³/mol. The lowest BCUT2D eigenvalue weighted by atomic mass is 10.0. The normalized spacial score (nSPS) is 28.3. The van der Waals surface area contributed by atoms with Crippen molar-refractivity contribution >= 4 is 11.8 Å². The Morgan fingerprint density at radius 2 is 2.29 bits per heavy atom. The molecule has 0 aromatic heterocycles. The van der Waals surface area contributed by atoms with Crippen molar-refractivity contribution in [3.8, 4) is 5.75 Å². The van der Waals surface area contributed by atoms with Gasteiger partial charge in [0.2, 0.25) is 0 Å². The number of hydrogen-bond acceptors (Lipinski definition) is 4. The molecule has 17 heavy (non-hydrogen) atoms. The molecular weight excluding hydrogens is 234 g/mol. The average molecular weight is 253 g/mol. The molecule has 3 N–H and O–H groups in total. The summed E-state index contributed by atoms with van der Waals surface area (Å²) in [5.74, 6) is 0.913. The van der Waals surface area contributed by atoms with Crippen LogP contribution in [0.3, 0.4) is 0 Å². The molecule has 1 aliphatic carbocycles. The van der Waals surface area contributed by atoms with E-state index in [1.54, 1.807) is 18.9 Å². The predicted octanol–water partition coefficient (Wildman–Crippen LogP) is 2.03. The third kappa shape index (κ3) is 2.94. The van der Waals surface area contributed by atoms with Gasteiger partial charge >= 0.3 is 0 Å². The number of aliphatic hydroxyl groups is 1. The number of benzene rings is 1. The molecule has 94 valence electrons. The number of aliphatic hydroxyl groups excluding tert-OH is 1. The fraction of sp³-hybridized carbons (Fsp3) is 0.538. The van der Waals surface area contributed by atoms with Crippen LogP contribution in [-0.2, 0) is 0 Å². The van der Waals surface area contributed by atoms with Gasteiger partial charge in [-0.2, -0.15) is 0 Å². The van der Waals surface area contributed by atoms with Gasteiger partial charge in [-0.1, -0.05) is 12.1 Å². The summed E-state index contributed by atoms with van der Waals surface area (Å²) < 4.78 is 5.33. The molecule has 0 aliphatic heterocycles. The molecule has 2 rings (SSSR count). The Hall–Kier alpha value is -0.710. The van der Waals surface area contributed by atoms with Crippen LogP contribution in [0, 0.1) is 0 Å². The summed E-state index contributed by atoms with van der Waals surface area (Å²) in [7, 11) is 1.69. The molecule has 1 fully saturated rings. The Labute approximate surface area is 106 Å². The minimum absolute atomic E-state index is 0.0793. The summed E-state index contributed by atoms with van der Waals surface area (Å²) in [5.41, 5.74) is 5.70. The molecule has 0 spiro atoms. The molecule has 3 nitrogen and oxygen atoms in total. The topological polar surface area (TPSA) is 55.5 Å². The van der Waals surface area contributed by atoms with E-state index < -0.39 is 0 Å². The maximum absolute atomic E-state index is 9.25. The van der Waals surface area contributed by atoms with Crippen molar-refractivity contribution < 1.29 is 9.84 Å². The fourth-order valence-electron chi connectivity index (χ4n) is 2.25. The first-order valence-electron chi connectivity index (χ1n) is 5.86. The monoisotopic (exact) mass is 253 g/mol. The van der Waals surface area contributed by atoms with Crippen LogP contribution in [0.15, 0.2) is 29.2 Å². The highest BCUT2D eigenvalue weighted by molar-refractivity contribution is 8.00. The Bertz CT molecular complexity index is 385. The van der Waals surface area contributed by atoms with E-state index in [-0.39, 0.29) is 12.1 Å². The Kier molecular flexibility index (Phi) is 3.97. The molecule has 0 saturated heterocycles. The van der Waals surface area contributed by atoms with Crippen molar-refractivity contribution in [1.29, 1.82) is 0 Å².